The fourth-order valence-electron chi connectivity index (χ4n) is 1.69. The predicted molar refractivity (Wildman–Crippen MR) is 63.0 cm³/mol. The monoisotopic (exact) mass is 251 g/mol. The third kappa shape index (κ3) is 2.28. The number of hydrogen-bond donors (Lipinski definition) is 1. The number of nitrogens with zero attached hydrogens (tertiary/aromatic N) is 1. The van der Waals surface area contributed by atoms with Crippen molar-refractivity contribution in [1.82, 2.24) is 4.57 Å². The molecule has 0 aliphatic rings. The molecular formula is C12H13NO5. The van der Waals surface area contributed by atoms with Gasteiger partial charge in [0.1, 0.15) is 6.54 Å². The van der Waals surface area contributed by atoms with Crippen molar-refractivity contribution in [1.29, 1.82) is 0 Å². The van der Waals surface area contributed by atoms with Crippen molar-refractivity contribution >= 4 is 17.1 Å². The maximum Gasteiger partial charge on any atom is 0.420 e. The smallest absolute Gasteiger partial charge is 0.420 e. The van der Waals surface area contributed by atoms with Gasteiger partial charge in [-0.1, -0.05) is 6.07 Å². The van der Waals surface area contributed by atoms with Crippen LogP contribution in [0.1, 0.15) is 12.5 Å². The van der Waals surface area contributed by atoms with Gasteiger partial charge in [0, 0.05) is 0 Å². The van der Waals surface area contributed by atoms with Gasteiger partial charge in [-0.15, -0.1) is 0 Å². The highest BCUT2D eigenvalue weighted by molar-refractivity contribution is 5.77. The molecule has 1 aromatic heterocycles. The highest BCUT2D eigenvalue weighted by Crippen LogP contribution is 2.15. The van der Waals surface area contributed by atoms with Crippen LogP contribution in [0.15, 0.2) is 27.4 Å². The number of aliphatic hydroxyl groups excluding tert-OH is 1. The molecule has 0 bridgehead atoms. The lowest BCUT2D eigenvalue weighted by atomic mass is 10.2. The van der Waals surface area contributed by atoms with Crippen molar-refractivity contribution in [2.75, 3.05) is 6.61 Å². The Bertz CT molecular complexity index is 625. The molecule has 2 aromatic rings. The minimum absolute atomic E-state index is 0.136. The Kier molecular flexibility index (Phi) is 3.47. The molecule has 0 saturated heterocycles. The second-order valence-corrected chi connectivity index (χ2v) is 3.72. The topological polar surface area (TPSA) is 81.7 Å². The zero-order valence-corrected chi connectivity index (χ0v) is 9.88. The second-order valence-electron chi connectivity index (χ2n) is 3.72. The van der Waals surface area contributed by atoms with E-state index in [-0.39, 0.29) is 19.8 Å². The minimum atomic E-state index is -0.617. The lowest BCUT2D eigenvalue weighted by Crippen LogP contribution is -2.21. The van der Waals surface area contributed by atoms with Gasteiger partial charge in [0.2, 0.25) is 0 Å². The molecule has 2 rings (SSSR count). The predicted octanol–water partition coefficient (Wildman–Crippen LogP) is 0.650. The van der Waals surface area contributed by atoms with Gasteiger partial charge in [-0.05, 0) is 24.6 Å². The molecule has 0 saturated carbocycles. The van der Waals surface area contributed by atoms with E-state index >= 15 is 0 Å². The number of oxazole rings is 1. The minimum Gasteiger partial charge on any atom is -0.465 e. The van der Waals surface area contributed by atoms with Crippen LogP contribution in [0.3, 0.4) is 0 Å². The SMILES string of the molecule is CCOC(=O)Cn1c(=O)oc2cc(CO)ccc21. The summed E-state index contributed by atoms with van der Waals surface area (Å²) in [6.07, 6.45) is 0. The maximum atomic E-state index is 11.6. The van der Waals surface area contributed by atoms with E-state index in [1.807, 2.05) is 0 Å². The number of aromatic nitrogens is 1. The molecule has 0 fully saturated rings. The van der Waals surface area contributed by atoms with Crippen LogP contribution in [0.4, 0.5) is 0 Å². The molecule has 0 aliphatic heterocycles. The fourth-order valence-corrected chi connectivity index (χ4v) is 1.69. The van der Waals surface area contributed by atoms with E-state index in [4.69, 9.17) is 14.3 Å². The molecule has 0 spiro atoms. The quantitative estimate of drug-likeness (QED) is 0.807. The molecule has 1 N–H and O–H groups in total. The number of ether oxygens (including phenoxy) is 1. The number of esters is 1. The molecule has 0 amide bonds. The first-order valence-corrected chi connectivity index (χ1v) is 5.54. The standard InChI is InChI=1S/C12H13NO5/c1-2-17-11(15)6-13-9-4-3-8(7-14)5-10(9)18-12(13)16/h3-5,14H,2,6-7H2,1H3. The summed E-state index contributed by atoms with van der Waals surface area (Å²) in [5.74, 6) is -1.11. The number of carbonyl (C=O) groups is 1. The van der Waals surface area contributed by atoms with Crippen LogP contribution in [-0.4, -0.2) is 22.2 Å². The Morgan fingerprint density at radius 3 is 2.94 bits per heavy atom. The Balaban J connectivity index is 2.41. The summed E-state index contributed by atoms with van der Waals surface area (Å²) in [6.45, 7) is 1.64. The van der Waals surface area contributed by atoms with Crippen molar-refractivity contribution in [2.24, 2.45) is 0 Å². The number of rotatable bonds is 4. The van der Waals surface area contributed by atoms with E-state index < -0.39 is 11.7 Å². The summed E-state index contributed by atoms with van der Waals surface area (Å²) in [5.41, 5.74) is 1.49. The van der Waals surface area contributed by atoms with Crippen LogP contribution in [0.5, 0.6) is 0 Å². The zero-order valence-electron chi connectivity index (χ0n) is 9.88. The van der Waals surface area contributed by atoms with Crippen LogP contribution >= 0.6 is 0 Å². The first kappa shape index (κ1) is 12.4. The Labute approximate surface area is 102 Å². The third-order valence-electron chi connectivity index (χ3n) is 2.51. The lowest BCUT2D eigenvalue weighted by molar-refractivity contribution is -0.143. The van der Waals surface area contributed by atoms with Gasteiger partial charge in [-0.2, -0.15) is 0 Å². The summed E-state index contributed by atoms with van der Waals surface area (Å²) in [6, 6.07) is 4.86. The molecule has 6 nitrogen and oxygen atoms in total. The Morgan fingerprint density at radius 1 is 1.50 bits per heavy atom. The molecule has 96 valence electrons. The molecule has 0 atom stereocenters. The molecule has 6 heteroatoms. The number of carbonyl (C=O) groups excluding carboxylic acids is 1. The van der Waals surface area contributed by atoms with Gasteiger partial charge in [-0.3, -0.25) is 9.36 Å². The van der Waals surface area contributed by atoms with E-state index in [0.29, 0.717) is 16.7 Å². The first-order chi connectivity index (χ1) is 8.65. The zero-order chi connectivity index (χ0) is 13.1. The van der Waals surface area contributed by atoms with Crippen LogP contribution < -0.4 is 5.76 Å². The fraction of sp³-hybridized carbons (Fsp3) is 0.333. The average molecular weight is 251 g/mol. The number of aliphatic hydroxyl groups is 1. The lowest BCUT2D eigenvalue weighted by Gasteiger charge is -2.02. The van der Waals surface area contributed by atoms with Gasteiger partial charge in [0.15, 0.2) is 5.58 Å². The highest BCUT2D eigenvalue weighted by Gasteiger charge is 2.13. The molecule has 1 heterocycles. The number of hydrogen-bond acceptors (Lipinski definition) is 5. The van der Waals surface area contributed by atoms with Gasteiger partial charge in [-0.25, -0.2) is 4.79 Å². The van der Waals surface area contributed by atoms with E-state index in [2.05, 4.69) is 0 Å². The second kappa shape index (κ2) is 5.05. The third-order valence-corrected chi connectivity index (χ3v) is 2.51. The Morgan fingerprint density at radius 2 is 2.28 bits per heavy atom. The van der Waals surface area contributed by atoms with Crippen LogP contribution in [0, 0.1) is 0 Å². The van der Waals surface area contributed by atoms with Crippen molar-refractivity contribution in [2.45, 2.75) is 20.1 Å². The summed E-state index contributed by atoms with van der Waals surface area (Å²) in [5, 5.41) is 8.99. The van der Waals surface area contributed by atoms with Crippen molar-refractivity contribution in [3.63, 3.8) is 0 Å². The molecule has 0 unspecified atom stereocenters. The largest absolute Gasteiger partial charge is 0.465 e. The summed E-state index contributed by atoms with van der Waals surface area (Å²) < 4.78 is 11.0. The van der Waals surface area contributed by atoms with Crippen LogP contribution in [-0.2, 0) is 22.7 Å². The van der Waals surface area contributed by atoms with Gasteiger partial charge in [0.05, 0.1) is 18.7 Å². The van der Waals surface area contributed by atoms with E-state index in [1.54, 1.807) is 25.1 Å². The average Bonchev–Trinajstić information content (AvgIpc) is 2.65. The molecular weight excluding hydrogens is 238 g/mol. The Hall–Kier alpha value is -2.08. The van der Waals surface area contributed by atoms with Crippen molar-refractivity contribution in [3.8, 4) is 0 Å². The van der Waals surface area contributed by atoms with Crippen molar-refractivity contribution in [3.05, 3.63) is 34.3 Å². The van der Waals surface area contributed by atoms with Gasteiger partial charge >= 0.3 is 11.7 Å². The van der Waals surface area contributed by atoms with Gasteiger partial charge < -0.3 is 14.3 Å². The normalized spacial score (nSPS) is 10.8. The maximum absolute atomic E-state index is 11.6. The summed E-state index contributed by atoms with van der Waals surface area (Å²) in [7, 11) is 0. The number of fused-ring (bicyclic) bond motifs is 1. The number of benzene rings is 1. The van der Waals surface area contributed by atoms with Gasteiger partial charge in [0.25, 0.3) is 0 Å². The summed E-state index contributed by atoms with van der Waals surface area (Å²) in [4.78, 5) is 23.0. The van der Waals surface area contributed by atoms with E-state index in [1.165, 1.54) is 4.57 Å². The summed E-state index contributed by atoms with van der Waals surface area (Å²) >= 11 is 0. The first-order valence-electron chi connectivity index (χ1n) is 5.54. The molecule has 0 radical (unpaired) electrons. The van der Waals surface area contributed by atoms with E-state index in [0.717, 1.165) is 0 Å². The van der Waals surface area contributed by atoms with Crippen molar-refractivity contribution < 1.29 is 19.1 Å². The van der Waals surface area contributed by atoms with Crippen LogP contribution in [0.25, 0.3) is 11.1 Å². The molecule has 1 aromatic carbocycles. The highest BCUT2D eigenvalue weighted by atomic mass is 16.5. The van der Waals surface area contributed by atoms with E-state index in [9.17, 15) is 9.59 Å². The van der Waals surface area contributed by atoms with Crippen LogP contribution in [0.2, 0.25) is 0 Å². The molecule has 18 heavy (non-hydrogen) atoms. The molecule has 0 aliphatic carbocycles.